The van der Waals surface area contributed by atoms with Crippen LogP contribution in [0.25, 0.3) is 10.9 Å². The summed E-state index contributed by atoms with van der Waals surface area (Å²) in [4.78, 5) is 16.4. The molecule has 1 unspecified atom stereocenters. The van der Waals surface area contributed by atoms with E-state index in [0.29, 0.717) is 24.2 Å². The molecule has 100 valence electrons. The van der Waals surface area contributed by atoms with Gasteiger partial charge in [-0.2, -0.15) is 0 Å². The van der Waals surface area contributed by atoms with Crippen LogP contribution in [0.4, 0.5) is 0 Å². The molecule has 2 aromatic rings. The van der Waals surface area contributed by atoms with Gasteiger partial charge in [0.05, 0.1) is 23.1 Å². The van der Waals surface area contributed by atoms with Crippen LogP contribution in [0.3, 0.4) is 0 Å². The predicted octanol–water partition coefficient (Wildman–Crippen LogP) is 2.22. The zero-order chi connectivity index (χ0) is 13.7. The molecule has 1 aromatic carbocycles. The first-order chi connectivity index (χ1) is 9.22. The minimum atomic E-state index is -0.239. The summed E-state index contributed by atoms with van der Waals surface area (Å²) in [6.07, 6.45) is 1.67. The minimum absolute atomic E-state index is 0.175. The fourth-order valence-electron chi connectivity index (χ4n) is 1.83. The first kappa shape index (κ1) is 13.8. The number of ether oxygens (including phenoxy) is 1. The second kappa shape index (κ2) is 6.50. The number of halogens is 1. The third-order valence-electron chi connectivity index (χ3n) is 2.71. The Labute approximate surface area is 116 Å². The molecular weight excluding hydrogens is 264 g/mol. The summed E-state index contributed by atoms with van der Waals surface area (Å²) in [5.74, 6) is -0.175. The Balaban J connectivity index is 2.13. The Morgan fingerprint density at radius 3 is 3.00 bits per heavy atom. The summed E-state index contributed by atoms with van der Waals surface area (Å²) in [6, 6.07) is 9.29. The SMILES string of the molecule is COCC(Cl)CNC(=O)c1cccc2cccnc12. The predicted molar refractivity (Wildman–Crippen MR) is 75.6 cm³/mol. The van der Waals surface area contributed by atoms with E-state index in [1.54, 1.807) is 19.4 Å². The van der Waals surface area contributed by atoms with E-state index in [-0.39, 0.29) is 11.3 Å². The Morgan fingerprint density at radius 1 is 1.42 bits per heavy atom. The van der Waals surface area contributed by atoms with Gasteiger partial charge in [0.2, 0.25) is 0 Å². The lowest BCUT2D eigenvalue weighted by molar-refractivity contribution is 0.0950. The molecule has 1 amide bonds. The molecular formula is C14H15ClN2O2. The fraction of sp³-hybridized carbons (Fsp3) is 0.286. The normalized spacial score (nSPS) is 12.3. The molecule has 5 heteroatoms. The molecule has 0 aliphatic carbocycles. The van der Waals surface area contributed by atoms with Crippen LogP contribution in [0.15, 0.2) is 36.5 Å². The van der Waals surface area contributed by atoms with Gasteiger partial charge in [0.1, 0.15) is 0 Å². The molecule has 4 nitrogen and oxygen atoms in total. The number of fused-ring (bicyclic) bond motifs is 1. The molecule has 1 atom stereocenters. The number of methoxy groups -OCH3 is 1. The van der Waals surface area contributed by atoms with E-state index in [2.05, 4.69) is 10.3 Å². The number of nitrogens with one attached hydrogen (secondary N) is 1. The van der Waals surface area contributed by atoms with E-state index in [1.165, 1.54) is 0 Å². The van der Waals surface area contributed by atoms with Crippen molar-refractivity contribution in [3.05, 3.63) is 42.1 Å². The summed E-state index contributed by atoms with van der Waals surface area (Å²) in [5, 5.41) is 3.49. The van der Waals surface area contributed by atoms with Gasteiger partial charge in [0.25, 0.3) is 5.91 Å². The largest absolute Gasteiger partial charge is 0.383 e. The van der Waals surface area contributed by atoms with Crippen LogP contribution in [-0.4, -0.2) is 36.5 Å². The molecule has 1 heterocycles. The first-order valence-electron chi connectivity index (χ1n) is 5.97. The van der Waals surface area contributed by atoms with Gasteiger partial charge in [-0.05, 0) is 12.1 Å². The molecule has 1 aromatic heterocycles. The van der Waals surface area contributed by atoms with Crippen LogP contribution in [0, 0.1) is 0 Å². The third-order valence-corrected chi connectivity index (χ3v) is 2.99. The average molecular weight is 279 g/mol. The smallest absolute Gasteiger partial charge is 0.253 e. The molecule has 0 saturated carbocycles. The zero-order valence-electron chi connectivity index (χ0n) is 10.6. The maximum absolute atomic E-state index is 12.1. The number of amides is 1. The lowest BCUT2D eigenvalue weighted by Crippen LogP contribution is -2.31. The van der Waals surface area contributed by atoms with Gasteiger partial charge in [-0.1, -0.05) is 18.2 Å². The number of carbonyl (C=O) groups is 1. The van der Waals surface area contributed by atoms with Crippen LogP contribution < -0.4 is 5.32 Å². The second-order valence-corrected chi connectivity index (χ2v) is 4.76. The van der Waals surface area contributed by atoms with Gasteiger partial charge < -0.3 is 10.1 Å². The highest BCUT2D eigenvalue weighted by Gasteiger charge is 2.12. The highest BCUT2D eigenvalue weighted by atomic mass is 35.5. The van der Waals surface area contributed by atoms with E-state index < -0.39 is 0 Å². The topological polar surface area (TPSA) is 51.2 Å². The van der Waals surface area contributed by atoms with Crippen LogP contribution in [0.1, 0.15) is 10.4 Å². The van der Waals surface area contributed by atoms with Gasteiger partial charge in [-0.25, -0.2) is 0 Å². The number of hydrogen-bond donors (Lipinski definition) is 1. The van der Waals surface area contributed by atoms with E-state index in [1.807, 2.05) is 24.3 Å². The highest BCUT2D eigenvalue weighted by Crippen LogP contribution is 2.15. The van der Waals surface area contributed by atoms with Gasteiger partial charge in [0, 0.05) is 25.2 Å². The molecule has 0 aliphatic rings. The molecule has 0 fully saturated rings. The molecule has 0 aliphatic heterocycles. The Morgan fingerprint density at radius 2 is 2.21 bits per heavy atom. The highest BCUT2D eigenvalue weighted by molar-refractivity contribution is 6.21. The number of rotatable bonds is 5. The van der Waals surface area contributed by atoms with Crippen molar-refractivity contribution in [2.75, 3.05) is 20.3 Å². The number of aromatic nitrogens is 1. The number of pyridine rings is 1. The van der Waals surface area contributed by atoms with Gasteiger partial charge in [-0.15, -0.1) is 11.6 Å². The molecule has 0 spiro atoms. The van der Waals surface area contributed by atoms with Gasteiger partial charge in [0.15, 0.2) is 0 Å². The summed E-state index contributed by atoms with van der Waals surface area (Å²) < 4.78 is 4.92. The molecule has 19 heavy (non-hydrogen) atoms. The maximum atomic E-state index is 12.1. The van der Waals surface area contributed by atoms with Crippen molar-refractivity contribution < 1.29 is 9.53 Å². The van der Waals surface area contributed by atoms with Gasteiger partial charge >= 0.3 is 0 Å². The molecule has 2 rings (SSSR count). The molecule has 0 radical (unpaired) electrons. The van der Waals surface area contributed by atoms with Crippen molar-refractivity contribution in [3.8, 4) is 0 Å². The second-order valence-electron chi connectivity index (χ2n) is 4.14. The van der Waals surface area contributed by atoms with Crippen molar-refractivity contribution in [2.45, 2.75) is 5.38 Å². The van der Waals surface area contributed by atoms with Crippen molar-refractivity contribution in [1.29, 1.82) is 0 Å². The summed E-state index contributed by atoms with van der Waals surface area (Å²) in [5.41, 5.74) is 1.25. The first-order valence-corrected chi connectivity index (χ1v) is 6.41. The number of nitrogens with zero attached hydrogens (tertiary/aromatic N) is 1. The van der Waals surface area contributed by atoms with Crippen molar-refractivity contribution >= 4 is 28.4 Å². The average Bonchev–Trinajstić information content (AvgIpc) is 2.44. The van der Waals surface area contributed by atoms with Crippen LogP contribution in [-0.2, 0) is 4.74 Å². The van der Waals surface area contributed by atoms with E-state index in [4.69, 9.17) is 16.3 Å². The lowest BCUT2D eigenvalue weighted by Gasteiger charge is -2.10. The quantitative estimate of drug-likeness (QED) is 0.853. The Bertz CT molecular complexity index is 569. The third kappa shape index (κ3) is 3.43. The standard InChI is InChI=1S/C14H15ClN2O2/c1-19-9-11(15)8-17-14(18)12-6-2-4-10-5-3-7-16-13(10)12/h2-7,11H,8-9H2,1H3,(H,17,18). The zero-order valence-corrected chi connectivity index (χ0v) is 11.4. The minimum Gasteiger partial charge on any atom is -0.383 e. The number of benzene rings is 1. The maximum Gasteiger partial charge on any atom is 0.253 e. The number of carbonyl (C=O) groups excluding carboxylic acids is 1. The summed E-state index contributed by atoms with van der Waals surface area (Å²) >= 11 is 5.98. The van der Waals surface area contributed by atoms with Crippen LogP contribution >= 0.6 is 11.6 Å². The van der Waals surface area contributed by atoms with Crippen molar-refractivity contribution in [2.24, 2.45) is 0 Å². The van der Waals surface area contributed by atoms with Crippen LogP contribution in [0.5, 0.6) is 0 Å². The number of alkyl halides is 1. The Hall–Kier alpha value is -1.65. The fourth-order valence-corrected chi connectivity index (χ4v) is 2.03. The molecule has 0 bridgehead atoms. The Kier molecular flexibility index (Phi) is 4.71. The number of para-hydroxylation sites is 1. The monoisotopic (exact) mass is 278 g/mol. The summed E-state index contributed by atoms with van der Waals surface area (Å²) in [7, 11) is 1.58. The lowest BCUT2D eigenvalue weighted by atomic mass is 10.1. The van der Waals surface area contributed by atoms with Crippen LogP contribution in [0.2, 0.25) is 0 Å². The van der Waals surface area contributed by atoms with Gasteiger partial charge in [-0.3, -0.25) is 9.78 Å². The van der Waals surface area contributed by atoms with Crippen molar-refractivity contribution in [3.63, 3.8) is 0 Å². The van der Waals surface area contributed by atoms with E-state index in [0.717, 1.165) is 5.39 Å². The molecule has 1 N–H and O–H groups in total. The van der Waals surface area contributed by atoms with E-state index in [9.17, 15) is 4.79 Å². The van der Waals surface area contributed by atoms with E-state index >= 15 is 0 Å². The number of hydrogen-bond acceptors (Lipinski definition) is 3. The summed E-state index contributed by atoms with van der Waals surface area (Å²) in [6.45, 7) is 0.757. The van der Waals surface area contributed by atoms with Crippen molar-refractivity contribution in [1.82, 2.24) is 10.3 Å². The molecule has 0 saturated heterocycles.